The number of thioether (sulfide) groups is 1. The molecule has 0 saturated carbocycles. The average Bonchev–Trinajstić information content (AvgIpc) is 3.09. The fourth-order valence-corrected chi connectivity index (χ4v) is 3.50. The van der Waals surface area contributed by atoms with E-state index in [9.17, 15) is 0 Å². The van der Waals surface area contributed by atoms with Gasteiger partial charge >= 0.3 is 0 Å². The van der Waals surface area contributed by atoms with E-state index in [1.165, 1.54) is 19.3 Å². The maximum atomic E-state index is 5.19. The van der Waals surface area contributed by atoms with Crippen molar-refractivity contribution in [3.63, 3.8) is 0 Å². The van der Waals surface area contributed by atoms with Gasteiger partial charge < -0.3 is 9.09 Å². The molecule has 2 aromatic heterocycles. The highest BCUT2D eigenvalue weighted by atomic mass is 32.2. The first kappa shape index (κ1) is 15.2. The normalized spacial score (nSPS) is 11.4. The number of aromatic nitrogens is 3. The molecular weight excluding hydrogens is 294 g/mol. The first-order valence-corrected chi connectivity index (χ1v) is 8.76. The van der Waals surface area contributed by atoms with E-state index in [0.29, 0.717) is 6.54 Å². The Morgan fingerprint density at radius 2 is 2.09 bits per heavy atom. The second-order valence-electron chi connectivity index (χ2n) is 5.45. The number of hydrogen-bond acceptors (Lipinski definition) is 4. The molecule has 5 heteroatoms. The average molecular weight is 315 g/mol. The van der Waals surface area contributed by atoms with Crippen molar-refractivity contribution in [2.75, 3.05) is 5.75 Å². The third kappa shape index (κ3) is 3.35. The van der Waals surface area contributed by atoms with E-state index in [1.807, 2.05) is 30.8 Å². The zero-order valence-electron chi connectivity index (χ0n) is 13.1. The standard InChI is InChI=1S/C17H21N3OS/c1-3-4-7-10-22-17-18-15-8-5-6-9-16(15)20(17)12-14-11-13(2)21-19-14/h5-6,8-9,11H,3-4,7,10,12H2,1-2H3. The number of para-hydroxylation sites is 2. The third-order valence-corrected chi connectivity index (χ3v) is 4.66. The van der Waals surface area contributed by atoms with E-state index < -0.39 is 0 Å². The predicted molar refractivity (Wildman–Crippen MR) is 90.3 cm³/mol. The molecule has 22 heavy (non-hydrogen) atoms. The van der Waals surface area contributed by atoms with Crippen LogP contribution in [0.4, 0.5) is 0 Å². The molecular formula is C17H21N3OS. The van der Waals surface area contributed by atoms with Crippen molar-refractivity contribution in [2.24, 2.45) is 0 Å². The van der Waals surface area contributed by atoms with Gasteiger partial charge in [-0.05, 0) is 25.5 Å². The summed E-state index contributed by atoms with van der Waals surface area (Å²) >= 11 is 1.83. The highest BCUT2D eigenvalue weighted by Gasteiger charge is 2.12. The van der Waals surface area contributed by atoms with Crippen molar-refractivity contribution in [2.45, 2.75) is 44.8 Å². The van der Waals surface area contributed by atoms with Crippen LogP contribution in [0.25, 0.3) is 11.0 Å². The molecule has 0 radical (unpaired) electrons. The van der Waals surface area contributed by atoms with Gasteiger partial charge in [-0.15, -0.1) is 0 Å². The summed E-state index contributed by atoms with van der Waals surface area (Å²) in [6.45, 7) is 4.85. The van der Waals surface area contributed by atoms with Gasteiger partial charge in [-0.25, -0.2) is 4.98 Å². The number of benzene rings is 1. The Morgan fingerprint density at radius 3 is 2.86 bits per heavy atom. The minimum Gasteiger partial charge on any atom is -0.361 e. The van der Waals surface area contributed by atoms with Crippen LogP contribution in [0.3, 0.4) is 0 Å². The number of nitrogens with zero attached hydrogens (tertiary/aromatic N) is 3. The van der Waals surface area contributed by atoms with Crippen LogP contribution in [0, 0.1) is 6.92 Å². The maximum absolute atomic E-state index is 5.19. The van der Waals surface area contributed by atoms with Crippen molar-refractivity contribution in [3.05, 3.63) is 41.8 Å². The smallest absolute Gasteiger partial charge is 0.169 e. The Labute approximate surface area is 134 Å². The summed E-state index contributed by atoms with van der Waals surface area (Å²) in [5, 5.41) is 5.18. The number of unbranched alkanes of at least 4 members (excludes halogenated alkanes) is 2. The van der Waals surface area contributed by atoms with Gasteiger partial charge in [-0.1, -0.05) is 48.8 Å². The number of hydrogen-bond donors (Lipinski definition) is 0. The van der Waals surface area contributed by atoms with Gasteiger partial charge in [0.1, 0.15) is 11.5 Å². The summed E-state index contributed by atoms with van der Waals surface area (Å²) in [6.07, 6.45) is 3.75. The van der Waals surface area contributed by atoms with Gasteiger partial charge in [0.15, 0.2) is 5.16 Å². The quantitative estimate of drug-likeness (QED) is 0.470. The fraction of sp³-hybridized carbons (Fsp3) is 0.412. The molecule has 116 valence electrons. The molecule has 0 aliphatic rings. The molecule has 0 aliphatic carbocycles. The topological polar surface area (TPSA) is 43.9 Å². The third-order valence-electron chi connectivity index (χ3n) is 3.60. The molecule has 0 spiro atoms. The monoisotopic (exact) mass is 315 g/mol. The number of fused-ring (bicyclic) bond motifs is 1. The lowest BCUT2D eigenvalue weighted by Crippen LogP contribution is -2.02. The molecule has 0 bridgehead atoms. The summed E-state index contributed by atoms with van der Waals surface area (Å²) in [7, 11) is 0. The summed E-state index contributed by atoms with van der Waals surface area (Å²) in [6, 6.07) is 10.3. The van der Waals surface area contributed by atoms with Crippen LogP contribution in [-0.4, -0.2) is 20.5 Å². The lowest BCUT2D eigenvalue weighted by atomic mass is 10.3. The van der Waals surface area contributed by atoms with E-state index in [1.54, 1.807) is 0 Å². The van der Waals surface area contributed by atoms with Crippen molar-refractivity contribution in [1.29, 1.82) is 0 Å². The number of rotatable bonds is 7. The molecule has 2 heterocycles. The van der Waals surface area contributed by atoms with Crippen LogP contribution < -0.4 is 0 Å². The second-order valence-corrected chi connectivity index (χ2v) is 6.52. The Bertz CT molecular complexity index is 747. The minimum atomic E-state index is 0.702. The SMILES string of the molecule is CCCCCSc1nc2ccccc2n1Cc1cc(C)on1. The van der Waals surface area contributed by atoms with Crippen molar-refractivity contribution < 1.29 is 4.52 Å². The van der Waals surface area contributed by atoms with E-state index in [4.69, 9.17) is 9.51 Å². The first-order chi connectivity index (χ1) is 10.8. The van der Waals surface area contributed by atoms with Crippen LogP contribution in [0.1, 0.15) is 37.6 Å². The number of aryl methyl sites for hydroxylation is 1. The largest absolute Gasteiger partial charge is 0.361 e. The Kier molecular flexibility index (Phi) is 4.83. The molecule has 3 rings (SSSR count). The van der Waals surface area contributed by atoms with Gasteiger partial charge in [0.25, 0.3) is 0 Å². The van der Waals surface area contributed by atoms with Gasteiger partial charge in [-0.2, -0.15) is 0 Å². The Morgan fingerprint density at radius 1 is 1.23 bits per heavy atom. The highest BCUT2D eigenvalue weighted by Crippen LogP contribution is 2.26. The van der Waals surface area contributed by atoms with Gasteiger partial charge in [0.05, 0.1) is 17.6 Å². The zero-order valence-corrected chi connectivity index (χ0v) is 13.9. The molecule has 0 atom stereocenters. The van der Waals surface area contributed by atoms with E-state index in [0.717, 1.165) is 33.4 Å². The van der Waals surface area contributed by atoms with E-state index >= 15 is 0 Å². The molecule has 4 nitrogen and oxygen atoms in total. The van der Waals surface area contributed by atoms with E-state index in [2.05, 4.69) is 34.8 Å². The lowest BCUT2D eigenvalue weighted by molar-refractivity contribution is 0.388. The van der Waals surface area contributed by atoms with Crippen LogP contribution in [0.2, 0.25) is 0 Å². The molecule has 0 fully saturated rings. The Balaban J connectivity index is 1.87. The molecule has 0 N–H and O–H groups in total. The highest BCUT2D eigenvalue weighted by molar-refractivity contribution is 7.99. The fourth-order valence-electron chi connectivity index (χ4n) is 2.49. The zero-order chi connectivity index (χ0) is 15.4. The van der Waals surface area contributed by atoms with Crippen molar-refractivity contribution >= 4 is 22.8 Å². The summed E-state index contributed by atoms with van der Waals surface area (Å²) < 4.78 is 7.43. The van der Waals surface area contributed by atoms with Gasteiger partial charge in [0.2, 0.25) is 0 Å². The summed E-state index contributed by atoms with van der Waals surface area (Å²) in [5.41, 5.74) is 3.14. The molecule has 0 unspecified atom stereocenters. The molecule has 3 aromatic rings. The number of imidazole rings is 1. The Hall–Kier alpha value is -1.75. The summed E-state index contributed by atoms with van der Waals surface area (Å²) in [4.78, 5) is 4.78. The molecule has 0 aliphatic heterocycles. The predicted octanol–water partition coefficient (Wildman–Crippen LogP) is 4.66. The van der Waals surface area contributed by atoms with Crippen LogP contribution in [0.15, 0.2) is 40.0 Å². The van der Waals surface area contributed by atoms with Gasteiger partial charge in [0, 0.05) is 11.8 Å². The lowest BCUT2D eigenvalue weighted by Gasteiger charge is -2.06. The van der Waals surface area contributed by atoms with Crippen LogP contribution >= 0.6 is 11.8 Å². The van der Waals surface area contributed by atoms with Crippen molar-refractivity contribution in [1.82, 2.24) is 14.7 Å². The molecule has 0 saturated heterocycles. The second kappa shape index (κ2) is 7.01. The van der Waals surface area contributed by atoms with Crippen LogP contribution in [0.5, 0.6) is 0 Å². The maximum Gasteiger partial charge on any atom is 0.169 e. The van der Waals surface area contributed by atoms with E-state index in [-0.39, 0.29) is 0 Å². The molecule has 1 aromatic carbocycles. The van der Waals surface area contributed by atoms with Gasteiger partial charge in [-0.3, -0.25) is 0 Å². The summed E-state index contributed by atoms with van der Waals surface area (Å²) in [5.74, 6) is 1.95. The molecule has 0 amide bonds. The van der Waals surface area contributed by atoms with Crippen LogP contribution in [-0.2, 0) is 6.54 Å². The van der Waals surface area contributed by atoms with Crippen molar-refractivity contribution in [3.8, 4) is 0 Å². The minimum absolute atomic E-state index is 0.702. The first-order valence-electron chi connectivity index (χ1n) is 7.78.